The molecular weight excluding hydrogens is 462 g/mol. The number of aromatic nitrogens is 1. The molecule has 0 unspecified atom stereocenters. The van der Waals surface area contributed by atoms with Crippen LogP contribution in [0.1, 0.15) is 60.3 Å². The van der Waals surface area contributed by atoms with Gasteiger partial charge in [-0.1, -0.05) is 94.4 Å². The van der Waals surface area contributed by atoms with Crippen LogP contribution in [0.15, 0.2) is 102 Å². The van der Waals surface area contributed by atoms with Gasteiger partial charge in [0.25, 0.3) is 0 Å². The van der Waals surface area contributed by atoms with Gasteiger partial charge in [0.2, 0.25) is 0 Å². The van der Waals surface area contributed by atoms with Crippen LogP contribution < -0.4 is 0 Å². The molecule has 2 heteroatoms. The summed E-state index contributed by atoms with van der Waals surface area (Å²) in [6, 6.07) is 30.7. The topological polar surface area (TPSA) is 26.0 Å². The van der Waals surface area contributed by atoms with Crippen molar-refractivity contribution in [3.63, 3.8) is 0 Å². The number of aryl methyl sites for hydroxylation is 1. The Morgan fingerprint density at radius 2 is 1.45 bits per heavy atom. The van der Waals surface area contributed by atoms with E-state index in [2.05, 4.69) is 64.1 Å². The van der Waals surface area contributed by atoms with Gasteiger partial charge < -0.3 is 4.42 Å². The number of hydrogen-bond acceptors (Lipinski definition) is 2. The van der Waals surface area contributed by atoms with Crippen molar-refractivity contribution in [1.82, 2.24) is 4.98 Å². The molecule has 0 saturated heterocycles. The molecule has 0 amide bonds. The predicted octanol–water partition coefficient (Wildman–Crippen LogP) is 10.5. The third-order valence-electron chi connectivity index (χ3n) is 7.37. The molecule has 0 fully saturated rings. The van der Waals surface area contributed by atoms with Crippen molar-refractivity contribution < 1.29 is 8.53 Å². The first-order valence-electron chi connectivity index (χ1n) is 14.8. The molecule has 6 rings (SSSR count). The summed E-state index contributed by atoms with van der Waals surface area (Å²) in [7, 11) is 0. The number of benzene rings is 4. The molecule has 4 aromatic carbocycles. The van der Waals surface area contributed by atoms with Crippen molar-refractivity contribution in [3.05, 3.63) is 114 Å². The van der Waals surface area contributed by atoms with Gasteiger partial charge in [0.15, 0.2) is 0 Å². The zero-order valence-corrected chi connectivity index (χ0v) is 22.2. The van der Waals surface area contributed by atoms with Crippen molar-refractivity contribution in [3.8, 4) is 33.5 Å². The van der Waals surface area contributed by atoms with Gasteiger partial charge in [-0.2, -0.15) is 0 Å². The minimum absolute atomic E-state index is 0.0919. The van der Waals surface area contributed by atoms with Gasteiger partial charge in [-0.3, -0.25) is 4.98 Å². The lowest BCUT2D eigenvalue weighted by Crippen LogP contribution is -2.03. The Hall–Kier alpha value is -4.17. The summed E-state index contributed by atoms with van der Waals surface area (Å²) in [5.74, 6) is 0.247. The number of para-hydroxylation sites is 1. The second-order valence-electron chi connectivity index (χ2n) is 10.6. The molecule has 2 nitrogen and oxygen atoms in total. The summed E-state index contributed by atoms with van der Waals surface area (Å²) in [5.41, 5.74) is 9.55. The van der Waals surface area contributed by atoms with Crippen LogP contribution in [0.5, 0.6) is 0 Å². The molecule has 0 bridgehead atoms. The van der Waals surface area contributed by atoms with Crippen LogP contribution in [0.4, 0.5) is 0 Å². The fourth-order valence-corrected chi connectivity index (χ4v) is 5.52. The number of hydrogen-bond donors (Lipinski definition) is 0. The highest BCUT2D eigenvalue weighted by Gasteiger charge is 2.24. The van der Waals surface area contributed by atoms with Crippen LogP contribution in [0.2, 0.25) is 0 Å². The predicted molar refractivity (Wildman–Crippen MR) is 161 cm³/mol. The first-order valence-corrected chi connectivity index (χ1v) is 13.3. The van der Waals surface area contributed by atoms with E-state index in [0.717, 1.165) is 61.0 Å². The average molecular weight is 499 g/mol. The Labute approximate surface area is 229 Å². The number of pyridine rings is 1. The minimum Gasteiger partial charge on any atom is -0.456 e. The fraction of sp³-hybridized carbons (Fsp3) is 0.194. The summed E-state index contributed by atoms with van der Waals surface area (Å²) in [4.78, 5) is 4.70. The van der Waals surface area contributed by atoms with Crippen LogP contribution in [0, 0.1) is 6.85 Å². The lowest BCUT2D eigenvalue weighted by atomic mass is 9.82. The van der Waals surface area contributed by atoms with Crippen LogP contribution in [0.25, 0.3) is 55.4 Å². The molecule has 188 valence electrons. The smallest absolute Gasteiger partial charge is 0.139 e. The van der Waals surface area contributed by atoms with E-state index in [1.54, 1.807) is 6.20 Å². The van der Waals surface area contributed by atoms with E-state index in [1.165, 1.54) is 0 Å². The van der Waals surface area contributed by atoms with Crippen LogP contribution in [-0.4, -0.2) is 4.98 Å². The molecular formula is C36H33NO. The minimum atomic E-state index is -2.34. The third-order valence-corrected chi connectivity index (χ3v) is 7.37. The summed E-state index contributed by atoms with van der Waals surface area (Å²) < 4.78 is 31.9. The van der Waals surface area contributed by atoms with Gasteiger partial charge in [0.05, 0.1) is 5.69 Å². The van der Waals surface area contributed by atoms with Crippen molar-refractivity contribution in [1.29, 1.82) is 0 Å². The monoisotopic (exact) mass is 498 g/mol. The highest BCUT2D eigenvalue weighted by Crippen LogP contribution is 2.45. The standard InChI is InChI=1S/C36H33NO/c1-22(2)29-19-31-28-16-9-10-17-33(28)38-36(31)34(23(3)4)35(29)30-20-32(37-21-24(30)5)27-15-11-14-26(18-27)25-12-7-6-8-13-25/h6-23H,1-5H3/i5D3. The van der Waals surface area contributed by atoms with Crippen molar-refractivity contribution in [2.24, 2.45) is 0 Å². The van der Waals surface area contributed by atoms with E-state index in [0.29, 0.717) is 5.56 Å². The second-order valence-corrected chi connectivity index (χ2v) is 10.6. The van der Waals surface area contributed by atoms with Crippen LogP contribution >= 0.6 is 0 Å². The maximum Gasteiger partial charge on any atom is 0.139 e. The van der Waals surface area contributed by atoms with Crippen molar-refractivity contribution >= 4 is 21.9 Å². The SMILES string of the molecule is [2H]C([2H])([2H])c1cnc(-c2cccc(-c3ccccc3)c2)cc1-c1c(C(C)C)cc2c(oc3ccccc32)c1C(C)C. The van der Waals surface area contributed by atoms with Crippen molar-refractivity contribution in [2.75, 3.05) is 0 Å². The largest absolute Gasteiger partial charge is 0.456 e. The van der Waals surface area contributed by atoms with Crippen molar-refractivity contribution in [2.45, 2.75) is 46.4 Å². The zero-order valence-electron chi connectivity index (χ0n) is 25.2. The Balaban J connectivity index is 1.67. The maximum absolute atomic E-state index is 8.46. The van der Waals surface area contributed by atoms with E-state index < -0.39 is 6.85 Å². The first kappa shape index (κ1) is 20.8. The normalized spacial score (nSPS) is 13.3. The quantitative estimate of drug-likeness (QED) is 0.236. The van der Waals surface area contributed by atoms with E-state index in [9.17, 15) is 0 Å². The maximum atomic E-state index is 8.46. The molecule has 0 atom stereocenters. The molecule has 0 spiro atoms. The zero-order chi connectivity index (χ0) is 28.9. The molecule has 0 radical (unpaired) electrons. The first-order chi connectivity index (χ1) is 19.6. The molecule has 0 aliphatic carbocycles. The molecule has 38 heavy (non-hydrogen) atoms. The molecule has 0 aliphatic rings. The Morgan fingerprint density at radius 1 is 0.711 bits per heavy atom. The van der Waals surface area contributed by atoms with Crippen LogP contribution in [-0.2, 0) is 0 Å². The number of nitrogens with zero attached hydrogens (tertiary/aromatic N) is 1. The number of furan rings is 1. The molecule has 6 aromatic rings. The van der Waals surface area contributed by atoms with E-state index in [-0.39, 0.29) is 17.4 Å². The van der Waals surface area contributed by atoms with Gasteiger partial charge >= 0.3 is 0 Å². The average Bonchev–Trinajstić information content (AvgIpc) is 3.34. The fourth-order valence-electron chi connectivity index (χ4n) is 5.52. The molecule has 0 aliphatic heterocycles. The molecule has 2 aromatic heterocycles. The summed E-state index contributed by atoms with van der Waals surface area (Å²) >= 11 is 0. The van der Waals surface area contributed by atoms with Gasteiger partial charge in [0.1, 0.15) is 11.2 Å². The Bertz CT molecular complexity index is 1880. The summed E-state index contributed by atoms with van der Waals surface area (Å²) in [5, 5.41) is 2.14. The number of fused-ring (bicyclic) bond motifs is 3. The van der Waals surface area contributed by atoms with Gasteiger partial charge in [0, 0.05) is 32.2 Å². The van der Waals surface area contributed by atoms with E-state index in [4.69, 9.17) is 13.5 Å². The van der Waals surface area contributed by atoms with Crippen LogP contribution in [0.3, 0.4) is 0 Å². The number of rotatable bonds is 5. The lowest BCUT2D eigenvalue weighted by Gasteiger charge is -2.22. The van der Waals surface area contributed by atoms with E-state index >= 15 is 0 Å². The third kappa shape index (κ3) is 4.11. The van der Waals surface area contributed by atoms with E-state index in [1.807, 2.05) is 54.6 Å². The van der Waals surface area contributed by atoms with Gasteiger partial charge in [-0.25, -0.2) is 0 Å². The second kappa shape index (κ2) is 9.61. The Kier molecular flexibility index (Phi) is 5.27. The van der Waals surface area contributed by atoms with Gasteiger partial charge in [-0.15, -0.1) is 0 Å². The molecule has 2 heterocycles. The summed E-state index contributed by atoms with van der Waals surface area (Å²) in [6.07, 6.45) is 1.55. The summed E-state index contributed by atoms with van der Waals surface area (Å²) in [6.45, 7) is 6.29. The molecule has 0 N–H and O–H groups in total. The highest BCUT2D eigenvalue weighted by atomic mass is 16.3. The lowest BCUT2D eigenvalue weighted by molar-refractivity contribution is 0.656. The molecule has 0 saturated carbocycles. The van der Waals surface area contributed by atoms with Gasteiger partial charge in [-0.05, 0) is 76.3 Å². The highest BCUT2D eigenvalue weighted by molar-refractivity contribution is 6.08. The Morgan fingerprint density at radius 3 is 2.21 bits per heavy atom.